The molecule has 0 unspecified atom stereocenters. The van der Waals surface area contributed by atoms with Gasteiger partial charge in [0.25, 0.3) is 0 Å². The topological polar surface area (TPSA) is 89.5 Å². The average molecular weight is 673 g/mol. The highest BCUT2D eigenvalue weighted by atomic mass is 16.7. The van der Waals surface area contributed by atoms with Crippen LogP contribution in [0.25, 0.3) is 0 Å². The van der Waals surface area contributed by atoms with Crippen LogP contribution in [0.1, 0.15) is 43.0 Å². The van der Waals surface area contributed by atoms with Crippen molar-refractivity contribution in [2.45, 2.75) is 57.5 Å². The minimum absolute atomic E-state index is 0.0809. The van der Waals surface area contributed by atoms with Crippen LogP contribution in [0.3, 0.4) is 0 Å². The number of carbonyl (C=O) groups is 2. The Hall–Kier alpha value is -5.12. The molecule has 50 heavy (non-hydrogen) atoms. The maximum atomic E-state index is 13.7. The van der Waals surface area contributed by atoms with Gasteiger partial charge in [-0.1, -0.05) is 127 Å². The zero-order chi connectivity index (χ0) is 34.5. The molecule has 0 aromatic heterocycles. The Morgan fingerprint density at radius 2 is 0.980 bits per heavy atom. The van der Waals surface area contributed by atoms with E-state index in [2.05, 4.69) is 0 Å². The van der Waals surface area contributed by atoms with E-state index in [1.165, 1.54) is 0 Å². The van der Waals surface area contributed by atoms with Gasteiger partial charge in [0.1, 0.15) is 18.3 Å². The van der Waals surface area contributed by atoms with Crippen LogP contribution in [0.4, 0.5) is 0 Å². The summed E-state index contributed by atoms with van der Waals surface area (Å²) in [7, 11) is 0. The summed E-state index contributed by atoms with van der Waals surface area (Å²) < 4.78 is 38.1. The van der Waals surface area contributed by atoms with Gasteiger partial charge in [-0.3, -0.25) is 0 Å². The van der Waals surface area contributed by atoms with Gasteiger partial charge < -0.3 is 28.4 Å². The summed E-state index contributed by atoms with van der Waals surface area (Å²) in [5.41, 5.74) is 4.47. The molecule has 8 heteroatoms. The number of hydrogen-bond acceptors (Lipinski definition) is 8. The molecule has 1 aliphatic rings. The Labute approximate surface area is 292 Å². The third-order valence-electron chi connectivity index (χ3n) is 8.32. The maximum absolute atomic E-state index is 13.7. The number of carbonyl (C=O) groups excluding carboxylic acids is 2. The highest BCUT2D eigenvalue weighted by molar-refractivity contribution is 5.90. The van der Waals surface area contributed by atoms with Gasteiger partial charge in [-0.25, -0.2) is 9.59 Å². The van der Waals surface area contributed by atoms with E-state index in [0.29, 0.717) is 17.7 Å². The minimum Gasteiger partial charge on any atom is -0.449 e. The highest BCUT2D eigenvalue weighted by Gasteiger charge is 2.51. The van der Waals surface area contributed by atoms with Crippen LogP contribution >= 0.6 is 0 Å². The van der Waals surface area contributed by atoms with Crippen molar-refractivity contribution in [2.24, 2.45) is 0 Å². The van der Waals surface area contributed by atoms with Gasteiger partial charge >= 0.3 is 11.9 Å². The fraction of sp³-hybridized carbons (Fsp3) is 0.238. The van der Waals surface area contributed by atoms with E-state index in [9.17, 15) is 9.59 Å². The summed E-state index contributed by atoms with van der Waals surface area (Å²) in [5.74, 6) is -1.25. The molecule has 0 N–H and O–H groups in total. The van der Waals surface area contributed by atoms with Gasteiger partial charge in [0.15, 0.2) is 6.10 Å². The zero-order valence-electron chi connectivity index (χ0n) is 27.8. The number of rotatable bonds is 14. The van der Waals surface area contributed by atoms with Gasteiger partial charge in [-0.15, -0.1) is 0 Å². The molecular weight excluding hydrogens is 632 g/mol. The Bertz CT molecular complexity index is 1770. The number of ether oxygens (including phenoxy) is 6. The number of aryl methyl sites for hydroxylation is 1. The quantitative estimate of drug-likeness (QED) is 0.112. The van der Waals surface area contributed by atoms with Crippen molar-refractivity contribution >= 4 is 11.9 Å². The van der Waals surface area contributed by atoms with Gasteiger partial charge in [0.2, 0.25) is 6.29 Å². The molecule has 0 spiro atoms. The first kappa shape index (κ1) is 34.7. The third-order valence-corrected chi connectivity index (χ3v) is 8.32. The number of esters is 2. The van der Waals surface area contributed by atoms with Crippen molar-refractivity contribution < 1.29 is 38.0 Å². The summed E-state index contributed by atoms with van der Waals surface area (Å²) in [5, 5.41) is 0. The Kier molecular flexibility index (Phi) is 12.2. The Morgan fingerprint density at radius 1 is 0.520 bits per heavy atom. The van der Waals surface area contributed by atoms with Gasteiger partial charge in [-0.2, -0.15) is 0 Å². The molecule has 1 fully saturated rings. The first-order chi connectivity index (χ1) is 24.5. The van der Waals surface area contributed by atoms with E-state index >= 15 is 0 Å². The first-order valence-electron chi connectivity index (χ1n) is 16.7. The van der Waals surface area contributed by atoms with Crippen LogP contribution in [0.5, 0.6) is 0 Å². The molecule has 0 aliphatic carbocycles. The van der Waals surface area contributed by atoms with Crippen LogP contribution < -0.4 is 0 Å². The smallest absolute Gasteiger partial charge is 0.340 e. The molecular formula is C42H40O8. The van der Waals surface area contributed by atoms with Gasteiger partial charge in [-0.05, 0) is 47.9 Å². The largest absolute Gasteiger partial charge is 0.449 e. The normalized spacial score (nSPS) is 20.1. The van der Waals surface area contributed by atoms with Crippen molar-refractivity contribution in [3.8, 4) is 0 Å². The SMILES string of the molecule is Cc1ccc(C(=O)O[C@H]2[C@H](OC(=O)c3ccccc3)O[C@H](COCc3ccccc3)[C@H](OCc3ccccc3)[C@@H]2OCc2ccccc2)cc1. The fourth-order valence-corrected chi connectivity index (χ4v) is 5.65. The van der Waals surface area contributed by atoms with Crippen molar-refractivity contribution in [3.63, 3.8) is 0 Å². The monoisotopic (exact) mass is 672 g/mol. The molecule has 1 saturated heterocycles. The van der Waals surface area contributed by atoms with E-state index in [-0.39, 0.29) is 19.8 Å². The second-order valence-corrected chi connectivity index (χ2v) is 12.1. The standard InChI is InChI=1S/C42H40O8/c1-30-22-24-35(25-23-30)40(43)49-39-38(47-28-33-18-10-4-11-19-33)37(46-27-32-16-8-3-9-17-32)36(29-45-26-31-14-6-2-7-15-31)48-42(39)50-41(44)34-20-12-5-13-21-34/h2-25,36-39,42H,26-29H2,1H3/t36-,37+,38+,39-,42+/m1/s1. The average Bonchev–Trinajstić information content (AvgIpc) is 3.16. The Balaban J connectivity index is 1.35. The number of benzene rings is 5. The van der Waals surface area contributed by atoms with Crippen molar-refractivity contribution in [2.75, 3.05) is 6.61 Å². The predicted molar refractivity (Wildman–Crippen MR) is 187 cm³/mol. The van der Waals surface area contributed by atoms with Crippen LogP contribution in [-0.2, 0) is 48.2 Å². The lowest BCUT2D eigenvalue weighted by Gasteiger charge is -2.45. The van der Waals surface area contributed by atoms with E-state index < -0.39 is 42.6 Å². The van der Waals surface area contributed by atoms with E-state index in [0.717, 1.165) is 22.3 Å². The third kappa shape index (κ3) is 9.52. The van der Waals surface area contributed by atoms with Gasteiger partial charge in [0.05, 0.1) is 37.6 Å². The summed E-state index contributed by atoms with van der Waals surface area (Å²) in [6.07, 6.45) is -5.05. The fourth-order valence-electron chi connectivity index (χ4n) is 5.65. The summed E-state index contributed by atoms with van der Waals surface area (Å²) in [4.78, 5) is 27.2. The molecule has 8 nitrogen and oxygen atoms in total. The van der Waals surface area contributed by atoms with Gasteiger partial charge in [0, 0.05) is 0 Å². The minimum atomic E-state index is -1.35. The summed E-state index contributed by atoms with van der Waals surface area (Å²) >= 11 is 0. The summed E-state index contributed by atoms with van der Waals surface area (Å²) in [6, 6.07) is 44.8. The van der Waals surface area contributed by atoms with E-state index in [1.807, 2.05) is 116 Å². The van der Waals surface area contributed by atoms with Crippen LogP contribution in [0, 0.1) is 6.92 Å². The molecule has 256 valence electrons. The van der Waals surface area contributed by atoms with Crippen LogP contribution in [-0.4, -0.2) is 49.3 Å². The molecule has 0 radical (unpaired) electrons. The first-order valence-corrected chi connectivity index (χ1v) is 16.7. The molecule has 5 aromatic carbocycles. The molecule has 0 saturated carbocycles. The molecule has 1 heterocycles. The summed E-state index contributed by atoms with van der Waals surface area (Å²) in [6.45, 7) is 2.74. The lowest BCUT2D eigenvalue weighted by molar-refractivity contribution is -0.304. The molecule has 6 rings (SSSR count). The molecule has 0 bridgehead atoms. The lowest BCUT2D eigenvalue weighted by Crippen LogP contribution is -2.62. The van der Waals surface area contributed by atoms with Crippen molar-refractivity contribution in [1.29, 1.82) is 0 Å². The maximum Gasteiger partial charge on any atom is 0.340 e. The molecule has 1 aliphatic heterocycles. The van der Waals surface area contributed by atoms with Crippen molar-refractivity contribution in [1.82, 2.24) is 0 Å². The molecule has 5 atom stereocenters. The zero-order valence-corrected chi connectivity index (χ0v) is 27.8. The highest BCUT2D eigenvalue weighted by Crippen LogP contribution is 2.32. The molecule has 0 amide bonds. The Morgan fingerprint density at radius 3 is 1.54 bits per heavy atom. The molecule has 5 aromatic rings. The van der Waals surface area contributed by atoms with Crippen molar-refractivity contribution in [3.05, 3.63) is 179 Å². The number of hydrogen-bond donors (Lipinski definition) is 0. The second kappa shape index (κ2) is 17.5. The van der Waals surface area contributed by atoms with Crippen LogP contribution in [0.2, 0.25) is 0 Å². The van der Waals surface area contributed by atoms with E-state index in [4.69, 9.17) is 28.4 Å². The predicted octanol–water partition coefficient (Wildman–Crippen LogP) is 7.49. The second-order valence-electron chi connectivity index (χ2n) is 12.1. The van der Waals surface area contributed by atoms with Crippen LogP contribution in [0.15, 0.2) is 146 Å². The van der Waals surface area contributed by atoms with E-state index in [1.54, 1.807) is 36.4 Å². The lowest BCUT2D eigenvalue weighted by atomic mass is 9.97.